The number of carbonyl (C=O) groups is 3. The second-order valence-corrected chi connectivity index (χ2v) is 25.9. The Kier molecular flexibility index (Phi) is 19.1. The molecule has 432 valence electrons. The lowest BCUT2D eigenvalue weighted by Crippen LogP contribution is -2.51. The first-order valence-corrected chi connectivity index (χ1v) is 30.4. The largest absolute Gasteiger partial charge is 0.507 e. The third kappa shape index (κ3) is 14.8. The van der Waals surface area contributed by atoms with Crippen LogP contribution < -0.4 is 11.2 Å². The van der Waals surface area contributed by atoms with Crippen LogP contribution in [0.25, 0.3) is 27.8 Å². The highest BCUT2D eigenvalue weighted by Gasteiger charge is 2.36. The van der Waals surface area contributed by atoms with Crippen LogP contribution in [0.4, 0.5) is 9.18 Å². The molecule has 18 nitrogen and oxygen atoms in total. The number of nitrogens with one attached hydrogen (secondary N) is 1. The molecule has 3 amide bonds. The topological polar surface area (TPSA) is 186 Å². The number of hydrogen-bond donors (Lipinski definition) is 2. The Morgan fingerprint density at radius 3 is 2.23 bits per heavy atom. The van der Waals surface area contributed by atoms with E-state index in [1.165, 1.54) is 20.2 Å². The number of ether oxygens (including phenoxy) is 1. The molecule has 2 aromatic heterocycles. The highest BCUT2D eigenvalue weighted by atomic mass is 33.1. The molecule has 2 saturated heterocycles. The molecule has 6 aromatic rings. The molecule has 3 aliphatic rings. The zero-order valence-corrected chi connectivity index (χ0v) is 49.3. The van der Waals surface area contributed by atoms with Gasteiger partial charge in [0.25, 0.3) is 11.5 Å². The van der Waals surface area contributed by atoms with E-state index in [1.807, 2.05) is 68.4 Å². The van der Waals surface area contributed by atoms with Gasteiger partial charge in [0.1, 0.15) is 24.8 Å². The fourth-order valence-electron chi connectivity index (χ4n) is 10.5. The number of H-pyrrole nitrogens is 1. The number of phenolic OH excluding ortho intramolecular Hbond substituents is 1. The molecular formula is C60H76FN11O7S2. The van der Waals surface area contributed by atoms with E-state index in [0.29, 0.717) is 77.6 Å². The number of aromatic amines is 1. The summed E-state index contributed by atoms with van der Waals surface area (Å²) in [4.78, 5) is 78.9. The number of piperazine rings is 2. The average Bonchev–Trinajstić information content (AvgIpc) is 4.28. The molecule has 3 fully saturated rings. The van der Waals surface area contributed by atoms with Gasteiger partial charge >= 0.3 is 11.8 Å². The number of aryl methyl sites for hydroxylation is 1. The van der Waals surface area contributed by atoms with Gasteiger partial charge in [-0.3, -0.25) is 24.2 Å². The molecule has 1 aliphatic carbocycles. The van der Waals surface area contributed by atoms with Gasteiger partial charge in [-0.1, -0.05) is 71.8 Å². The summed E-state index contributed by atoms with van der Waals surface area (Å²) in [5.74, 6) is 0.435. The van der Waals surface area contributed by atoms with Crippen molar-refractivity contribution in [3.8, 4) is 22.8 Å². The van der Waals surface area contributed by atoms with Crippen LogP contribution in [0.3, 0.4) is 0 Å². The van der Waals surface area contributed by atoms with E-state index in [9.17, 15) is 29.1 Å². The van der Waals surface area contributed by atoms with Crippen LogP contribution >= 0.6 is 21.6 Å². The quantitative estimate of drug-likeness (QED) is 0.0495. The van der Waals surface area contributed by atoms with Crippen LogP contribution in [-0.4, -0.2) is 180 Å². The standard InChI is InChI=1S/C60H76FN11O7S2/c1-40(2)48-37-50(53(73)34-41(48)3)54-62-63-58(77)72(54)45-17-12-42(13-18-45)38-67-25-23-66(24-26-67)21-20-60(4,5)81-80-33-32-79-59(78)70(27-22-65(6)7)39-71-57(76)47-11-9-8-10-46(47)52(64-71)36-43-14-19-51(61)49(35-43)56(75)69-30-28-68(29-31-69)55(74)44-15-16-44/h8-14,17-19,34-35,37,40,44,73H,15-16,20-33,36,38-39H2,1-7H3,(H,63,77). The van der Waals surface area contributed by atoms with E-state index >= 15 is 4.39 Å². The predicted molar refractivity (Wildman–Crippen MR) is 318 cm³/mol. The number of fused-ring (bicyclic) bond motifs is 1. The van der Waals surface area contributed by atoms with Crippen LogP contribution in [0.1, 0.15) is 91.2 Å². The minimum absolute atomic E-state index is 0.0318. The molecule has 0 bridgehead atoms. The Morgan fingerprint density at radius 2 is 1.54 bits per heavy atom. The zero-order chi connectivity index (χ0) is 57.5. The second-order valence-electron chi connectivity index (χ2n) is 22.8. The molecule has 0 spiro atoms. The van der Waals surface area contributed by atoms with Crippen LogP contribution in [0, 0.1) is 18.7 Å². The SMILES string of the molecule is Cc1cc(O)c(-c2n[nH]c(=O)n2-c2ccc(CN3CCN(CCC(C)(C)SSCCOC(=O)N(CCN(C)C)Cn4nc(Cc5ccc(F)c(C(=O)N6CCN(C(=O)C7CC7)CC6)c5)c5ccccc5c4=O)CC3)cc2)cc1C(C)C. The summed E-state index contributed by atoms with van der Waals surface area (Å²) >= 11 is 0. The number of phenols is 1. The van der Waals surface area contributed by atoms with Crippen molar-refractivity contribution in [2.75, 3.05) is 98.4 Å². The maximum atomic E-state index is 15.3. The summed E-state index contributed by atoms with van der Waals surface area (Å²) in [6.45, 7) is 18.5. The normalized spacial score (nSPS) is 15.5. The molecule has 1 saturated carbocycles. The van der Waals surface area contributed by atoms with Crippen molar-refractivity contribution in [3.05, 3.63) is 139 Å². The Morgan fingerprint density at radius 1 is 0.864 bits per heavy atom. The monoisotopic (exact) mass is 1150 g/mol. The van der Waals surface area contributed by atoms with Crippen molar-refractivity contribution in [1.29, 1.82) is 0 Å². The average molecular weight is 1150 g/mol. The van der Waals surface area contributed by atoms with Gasteiger partial charge < -0.3 is 29.4 Å². The van der Waals surface area contributed by atoms with Crippen molar-refractivity contribution in [1.82, 2.24) is 53.9 Å². The highest BCUT2D eigenvalue weighted by Crippen LogP contribution is 2.39. The van der Waals surface area contributed by atoms with E-state index in [4.69, 9.17) is 9.84 Å². The van der Waals surface area contributed by atoms with Crippen LogP contribution in [0.5, 0.6) is 5.75 Å². The van der Waals surface area contributed by atoms with Crippen LogP contribution in [0.15, 0.2) is 88.5 Å². The molecule has 2 N–H and O–H groups in total. The van der Waals surface area contributed by atoms with Crippen molar-refractivity contribution in [3.63, 3.8) is 0 Å². The molecule has 0 atom stereocenters. The number of aromatic nitrogens is 5. The molecule has 21 heteroatoms. The third-order valence-electron chi connectivity index (χ3n) is 15.5. The molecule has 81 heavy (non-hydrogen) atoms. The molecule has 9 rings (SSSR count). The van der Waals surface area contributed by atoms with E-state index < -0.39 is 17.8 Å². The molecule has 0 unspecified atom stereocenters. The summed E-state index contributed by atoms with van der Waals surface area (Å²) in [6.07, 6.45) is 2.45. The maximum Gasteiger partial charge on any atom is 0.411 e. The Bertz CT molecular complexity index is 3330. The number of hydrogen-bond acceptors (Lipinski definition) is 14. The fraction of sp³-hybridized carbons (Fsp3) is 0.483. The molecule has 4 heterocycles. The number of halogens is 1. The van der Waals surface area contributed by atoms with E-state index in [2.05, 4.69) is 47.7 Å². The number of nitrogens with zero attached hydrogens (tertiary/aromatic N) is 10. The van der Waals surface area contributed by atoms with E-state index in [1.54, 1.807) is 61.7 Å². The number of rotatable bonds is 22. The van der Waals surface area contributed by atoms with Crippen molar-refractivity contribution < 1.29 is 28.6 Å². The van der Waals surface area contributed by atoms with Crippen LogP contribution in [-0.2, 0) is 29.2 Å². The Hall–Kier alpha value is -6.52. The van der Waals surface area contributed by atoms with Crippen molar-refractivity contribution in [2.24, 2.45) is 5.92 Å². The number of aromatic hydroxyl groups is 1. The number of benzene rings is 4. The number of carbonyl (C=O) groups excluding carboxylic acids is 3. The summed E-state index contributed by atoms with van der Waals surface area (Å²) in [6, 6.07) is 23.2. The predicted octanol–water partition coefficient (Wildman–Crippen LogP) is 7.82. The first-order valence-electron chi connectivity index (χ1n) is 28.1. The van der Waals surface area contributed by atoms with Gasteiger partial charge in [0, 0.05) is 100 Å². The highest BCUT2D eigenvalue weighted by molar-refractivity contribution is 8.77. The first kappa shape index (κ1) is 59.1. The molecule has 0 radical (unpaired) electrons. The van der Waals surface area contributed by atoms with Gasteiger partial charge in [-0.25, -0.2) is 28.3 Å². The Balaban J connectivity index is 0.736. The molecular weight excluding hydrogens is 1070 g/mol. The summed E-state index contributed by atoms with van der Waals surface area (Å²) < 4.78 is 23.9. The first-order chi connectivity index (χ1) is 38.8. The minimum Gasteiger partial charge on any atom is -0.507 e. The Labute approximate surface area is 481 Å². The molecule has 4 aromatic carbocycles. The van der Waals surface area contributed by atoms with Gasteiger partial charge in [0.05, 0.1) is 27.9 Å². The van der Waals surface area contributed by atoms with Crippen molar-refractivity contribution in [2.45, 2.75) is 84.2 Å². The smallest absolute Gasteiger partial charge is 0.411 e. The fourth-order valence-corrected chi connectivity index (χ4v) is 12.9. The lowest BCUT2D eigenvalue weighted by Gasteiger charge is -2.36. The lowest BCUT2D eigenvalue weighted by molar-refractivity contribution is -0.134. The van der Waals surface area contributed by atoms with Gasteiger partial charge in [-0.15, -0.1) is 0 Å². The van der Waals surface area contributed by atoms with E-state index in [0.717, 1.165) is 75.2 Å². The summed E-state index contributed by atoms with van der Waals surface area (Å²) in [5.41, 5.74) is 4.77. The minimum atomic E-state index is -0.635. The van der Waals surface area contributed by atoms with Gasteiger partial charge in [0.2, 0.25) is 5.91 Å². The van der Waals surface area contributed by atoms with Gasteiger partial charge in [0.15, 0.2) is 5.82 Å². The summed E-state index contributed by atoms with van der Waals surface area (Å²) in [7, 11) is 7.27. The lowest BCUT2D eigenvalue weighted by atomic mass is 9.95. The second kappa shape index (κ2) is 26.2. The summed E-state index contributed by atoms with van der Waals surface area (Å²) in [5, 5.41) is 23.6. The number of amides is 3. The maximum absolute atomic E-state index is 15.3. The zero-order valence-electron chi connectivity index (χ0n) is 47.7. The molecule has 2 aliphatic heterocycles. The van der Waals surface area contributed by atoms with Crippen molar-refractivity contribution >= 4 is 50.3 Å². The van der Waals surface area contributed by atoms with E-state index in [-0.39, 0.29) is 71.3 Å². The van der Waals surface area contributed by atoms with Gasteiger partial charge in [-0.05, 0) is 131 Å². The van der Waals surface area contributed by atoms with Gasteiger partial charge in [-0.2, -0.15) is 10.2 Å². The van der Waals surface area contributed by atoms with Crippen LogP contribution in [0.2, 0.25) is 0 Å². The third-order valence-corrected chi connectivity index (χ3v) is 18.8. The number of likely N-dealkylation sites (N-methyl/N-ethyl adjacent to an activating group) is 1.